The molecule has 0 aliphatic heterocycles. The zero-order chi connectivity index (χ0) is 27.2. The molecular formula is C27H46O8S2. The highest BCUT2D eigenvalue weighted by Crippen LogP contribution is 2.67. The average molecular weight is 563 g/mol. The van der Waals surface area contributed by atoms with E-state index in [4.69, 9.17) is 8.74 Å². The number of allylic oxidation sites excluding steroid dienone is 1. The van der Waals surface area contributed by atoms with Crippen LogP contribution >= 0.6 is 0 Å². The van der Waals surface area contributed by atoms with Crippen molar-refractivity contribution < 1.29 is 34.3 Å². The molecule has 4 aliphatic carbocycles. The van der Waals surface area contributed by atoms with Gasteiger partial charge < -0.3 is 5.11 Å². The largest absolute Gasteiger partial charge is 0.416 e. The van der Waals surface area contributed by atoms with Crippen LogP contribution in [0.1, 0.15) is 98.3 Å². The van der Waals surface area contributed by atoms with Gasteiger partial charge in [-0.2, -0.15) is 16.8 Å². The molecule has 37 heavy (non-hydrogen) atoms. The molecule has 3 fully saturated rings. The van der Waals surface area contributed by atoms with E-state index in [1.807, 2.05) is 0 Å². The van der Waals surface area contributed by atoms with Gasteiger partial charge in [-0.25, -0.2) is 4.18 Å². The first-order valence-corrected chi connectivity index (χ1v) is 16.8. The summed E-state index contributed by atoms with van der Waals surface area (Å²) < 4.78 is 63.1. The Morgan fingerprint density at radius 2 is 1.76 bits per heavy atom. The number of rotatable bonds is 10. The van der Waals surface area contributed by atoms with Crippen LogP contribution < -0.4 is 0 Å². The lowest BCUT2D eigenvalue weighted by Gasteiger charge is -2.58. The van der Waals surface area contributed by atoms with Crippen molar-refractivity contribution >= 4 is 20.8 Å². The average Bonchev–Trinajstić information content (AvgIpc) is 3.14. The second-order valence-electron chi connectivity index (χ2n) is 13.0. The maximum atomic E-state index is 11.9. The van der Waals surface area contributed by atoms with Crippen LogP contribution in [0.3, 0.4) is 0 Å². The van der Waals surface area contributed by atoms with Crippen molar-refractivity contribution in [1.82, 2.24) is 0 Å². The summed E-state index contributed by atoms with van der Waals surface area (Å²) in [5.74, 6) is 3.75. The number of hydrogen-bond acceptors (Lipinski definition) is 7. The van der Waals surface area contributed by atoms with Gasteiger partial charge in [0.25, 0.3) is 0 Å². The minimum absolute atomic E-state index is 0.00190. The van der Waals surface area contributed by atoms with E-state index >= 15 is 0 Å². The maximum absolute atomic E-state index is 11.9. The minimum Gasteiger partial charge on any atom is -0.396 e. The summed E-state index contributed by atoms with van der Waals surface area (Å²) in [4.78, 5) is 0. The van der Waals surface area contributed by atoms with Gasteiger partial charge in [0, 0.05) is 6.61 Å². The zero-order valence-electron chi connectivity index (χ0n) is 22.8. The van der Waals surface area contributed by atoms with Crippen molar-refractivity contribution in [3.8, 4) is 0 Å². The van der Waals surface area contributed by atoms with Gasteiger partial charge >= 0.3 is 20.8 Å². The Morgan fingerprint density at radius 3 is 2.43 bits per heavy atom. The van der Waals surface area contributed by atoms with E-state index in [0.717, 1.165) is 25.2 Å². The Bertz CT molecular complexity index is 1070. The van der Waals surface area contributed by atoms with Gasteiger partial charge in [0.2, 0.25) is 0 Å². The van der Waals surface area contributed by atoms with Gasteiger partial charge in [0.05, 0.1) is 6.10 Å². The quantitative estimate of drug-likeness (QED) is 0.266. The molecule has 9 unspecified atom stereocenters. The Hall–Kier alpha value is -0.520. The molecule has 10 heteroatoms. The summed E-state index contributed by atoms with van der Waals surface area (Å²) in [5, 5.41) is 9.35. The third-order valence-electron chi connectivity index (χ3n) is 10.9. The first-order valence-electron chi connectivity index (χ1n) is 14.1. The van der Waals surface area contributed by atoms with E-state index in [0.29, 0.717) is 47.8 Å². The van der Waals surface area contributed by atoms with Gasteiger partial charge in [-0.1, -0.05) is 52.2 Å². The molecule has 8 nitrogen and oxygen atoms in total. The van der Waals surface area contributed by atoms with Crippen molar-refractivity contribution in [3.63, 3.8) is 0 Å². The molecule has 4 aliphatic rings. The summed E-state index contributed by atoms with van der Waals surface area (Å²) >= 11 is 0. The van der Waals surface area contributed by atoms with Crippen LogP contribution in [-0.4, -0.2) is 39.2 Å². The minimum atomic E-state index is -5.16. The zero-order valence-corrected chi connectivity index (χ0v) is 24.4. The van der Waals surface area contributed by atoms with Crippen LogP contribution in [0.15, 0.2) is 11.6 Å². The van der Waals surface area contributed by atoms with Crippen molar-refractivity contribution in [2.75, 3.05) is 6.61 Å². The molecule has 0 aromatic heterocycles. The Morgan fingerprint density at radius 1 is 1.03 bits per heavy atom. The molecule has 0 spiro atoms. The standard InChI is InChI=1S/C27H46O8S2/c1-18(17-28)6-5-7-19(2)23-10-11-24-22-9-8-20-16-21(34-37(32,33)35-36(29,30)31)12-14-26(20,3)25(22)13-15-27(23,24)4/h8,18-19,21-25,28H,5-7,9-17H2,1-4H3,(H,29,30,31). The van der Waals surface area contributed by atoms with Crippen LogP contribution in [0.4, 0.5) is 0 Å². The van der Waals surface area contributed by atoms with Crippen LogP contribution in [0.25, 0.3) is 0 Å². The summed E-state index contributed by atoms with van der Waals surface area (Å²) in [6.45, 7) is 9.71. The fourth-order valence-electron chi connectivity index (χ4n) is 9.05. The van der Waals surface area contributed by atoms with Gasteiger partial charge in [-0.15, -0.1) is 3.63 Å². The molecule has 0 radical (unpaired) electrons. The normalized spacial score (nSPS) is 39.7. The summed E-state index contributed by atoms with van der Waals surface area (Å²) in [7, 11) is -10.0. The van der Waals surface area contributed by atoms with E-state index in [-0.39, 0.29) is 12.0 Å². The van der Waals surface area contributed by atoms with E-state index in [2.05, 4.69) is 37.4 Å². The van der Waals surface area contributed by atoms with Crippen LogP contribution in [0, 0.1) is 46.3 Å². The van der Waals surface area contributed by atoms with Gasteiger partial charge in [0.15, 0.2) is 0 Å². The summed E-state index contributed by atoms with van der Waals surface area (Å²) in [5.41, 5.74) is 1.59. The molecular weight excluding hydrogens is 516 g/mol. The SMILES string of the molecule is CC(CO)CCCC(C)C1CCC2C3CC=C4CC(OS(=O)(=O)OS(=O)(=O)O)CCC4(C)C3CCC12C. The Balaban J connectivity index is 1.43. The van der Waals surface area contributed by atoms with E-state index in [1.54, 1.807) is 0 Å². The smallest absolute Gasteiger partial charge is 0.396 e. The topological polar surface area (TPSA) is 127 Å². The highest BCUT2D eigenvalue weighted by atomic mass is 32.3. The number of fused-ring (bicyclic) bond motifs is 5. The molecule has 9 atom stereocenters. The number of hydrogen-bond donors (Lipinski definition) is 2. The second kappa shape index (κ2) is 10.8. The molecule has 0 aromatic rings. The lowest BCUT2D eigenvalue weighted by molar-refractivity contribution is -0.0560. The van der Waals surface area contributed by atoms with Crippen molar-refractivity contribution in [3.05, 3.63) is 11.6 Å². The molecule has 0 aromatic carbocycles. The van der Waals surface area contributed by atoms with E-state index < -0.39 is 26.9 Å². The predicted molar refractivity (Wildman–Crippen MR) is 141 cm³/mol. The van der Waals surface area contributed by atoms with Crippen molar-refractivity contribution in [2.45, 2.75) is 104 Å². The summed E-state index contributed by atoms with van der Waals surface area (Å²) in [6.07, 6.45) is 12.9. The van der Waals surface area contributed by atoms with E-state index in [1.165, 1.54) is 44.1 Å². The Labute approximate surface area is 223 Å². The molecule has 2 N–H and O–H groups in total. The fraction of sp³-hybridized carbons (Fsp3) is 0.926. The highest BCUT2D eigenvalue weighted by Gasteiger charge is 2.59. The highest BCUT2D eigenvalue weighted by molar-refractivity contribution is 7.94. The van der Waals surface area contributed by atoms with Crippen molar-refractivity contribution in [1.29, 1.82) is 0 Å². The number of aliphatic hydroxyl groups is 1. The first-order chi connectivity index (χ1) is 17.2. The van der Waals surface area contributed by atoms with Gasteiger partial charge in [0.1, 0.15) is 0 Å². The molecule has 4 rings (SSSR count). The predicted octanol–water partition coefficient (Wildman–Crippen LogP) is 5.45. The molecule has 3 saturated carbocycles. The third kappa shape index (κ3) is 6.14. The van der Waals surface area contributed by atoms with Gasteiger partial charge in [-0.3, -0.25) is 4.55 Å². The van der Waals surface area contributed by atoms with Crippen molar-refractivity contribution in [2.24, 2.45) is 46.3 Å². The molecule has 0 saturated heterocycles. The lowest BCUT2D eigenvalue weighted by Crippen LogP contribution is -2.51. The molecule has 214 valence electrons. The second-order valence-corrected chi connectivity index (χ2v) is 15.5. The number of aliphatic hydroxyl groups excluding tert-OH is 1. The monoisotopic (exact) mass is 562 g/mol. The summed E-state index contributed by atoms with van der Waals surface area (Å²) in [6, 6.07) is 0. The van der Waals surface area contributed by atoms with Crippen LogP contribution in [0.5, 0.6) is 0 Å². The first kappa shape index (κ1) is 29.5. The molecule has 0 amide bonds. The fourth-order valence-corrected chi connectivity index (χ4v) is 10.5. The molecule has 0 bridgehead atoms. The van der Waals surface area contributed by atoms with E-state index in [9.17, 15) is 21.9 Å². The maximum Gasteiger partial charge on any atom is 0.416 e. The Kier molecular flexibility index (Phi) is 8.60. The lowest BCUT2D eigenvalue weighted by atomic mass is 9.47. The molecule has 0 heterocycles. The van der Waals surface area contributed by atoms with Crippen LogP contribution in [0.2, 0.25) is 0 Å². The third-order valence-corrected chi connectivity index (χ3v) is 12.8. The van der Waals surface area contributed by atoms with Crippen LogP contribution in [-0.2, 0) is 28.6 Å². The van der Waals surface area contributed by atoms with Gasteiger partial charge in [-0.05, 0) is 104 Å².